The van der Waals surface area contributed by atoms with Gasteiger partial charge >= 0.3 is 0 Å². The highest BCUT2D eigenvalue weighted by Gasteiger charge is 2.72. The summed E-state index contributed by atoms with van der Waals surface area (Å²) in [5, 5.41) is 0. The second-order valence-electron chi connectivity index (χ2n) is 10.3. The van der Waals surface area contributed by atoms with E-state index in [4.69, 9.17) is 18.6 Å². The Morgan fingerprint density at radius 3 is 2.04 bits per heavy atom. The zero-order chi connectivity index (χ0) is 19.5. The van der Waals surface area contributed by atoms with Gasteiger partial charge in [-0.25, -0.2) is 0 Å². The third-order valence-electron chi connectivity index (χ3n) is 7.36. The van der Waals surface area contributed by atoms with Gasteiger partial charge in [0.1, 0.15) is 11.2 Å². The van der Waals surface area contributed by atoms with E-state index in [-0.39, 0.29) is 23.4 Å². The molecule has 0 amide bonds. The maximum atomic E-state index is 7.14. The summed E-state index contributed by atoms with van der Waals surface area (Å²) in [6.45, 7) is 21.1. The molecule has 3 aliphatic rings. The molecule has 0 aromatic heterocycles. The molecule has 152 valence electrons. The molecule has 1 saturated carbocycles. The van der Waals surface area contributed by atoms with Crippen LogP contribution in [0.4, 0.5) is 0 Å². The van der Waals surface area contributed by atoms with Gasteiger partial charge in [-0.15, -0.1) is 0 Å². The van der Waals surface area contributed by atoms with Crippen LogP contribution in [-0.2, 0) is 18.6 Å². The predicted octanol–water partition coefficient (Wildman–Crippen LogP) is 5.41. The lowest BCUT2D eigenvalue weighted by molar-refractivity contribution is -0.330. The van der Waals surface area contributed by atoms with Crippen LogP contribution in [0.3, 0.4) is 0 Å². The predicted molar refractivity (Wildman–Crippen MR) is 107 cm³/mol. The number of epoxide rings is 1. The molecular formula is C21H40O4Si. The highest BCUT2D eigenvalue weighted by Crippen LogP contribution is 2.60. The number of fused-ring (bicyclic) bond motifs is 2. The molecule has 0 radical (unpaired) electrons. The van der Waals surface area contributed by atoms with Crippen LogP contribution in [0.15, 0.2) is 0 Å². The summed E-state index contributed by atoms with van der Waals surface area (Å²) in [7, 11) is -1.91. The maximum Gasteiger partial charge on any atom is 0.200 e. The summed E-state index contributed by atoms with van der Waals surface area (Å²) < 4.78 is 25.8. The van der Waals surface area contributed by atoms with Crippen molar-refractivity contribution in [1.29, 1.82) is 0 Å². The zero-order valence-corrected chi connectivity index (χ0v) is 19.3. The first-order chi connectivity index (χ1) is 11.9. The quantitative estimate of drug-likeness (QED) is 0.469. The van der Waals surface area contributed by atoms with Crippen LogP contribution in [0, 0.1) is 0 Å². The minimum Gasteiger partial charge on any atom is -0.413 e. The Labute approximate surface area is 161 Å². The van der Waals surface area contributed by atoms with Crippen molar-refractivity contribution in [2.75, 3.05) is 6.61 Å². The summed E-state index contributed by atoms with van der Waals surface area (Å²) in [5.41, 5.74) is 1.33. The van der Waals surface area contributed by atoms with Crippen LogP contribution in [-0.4, -0.2) is 44.1 Å². The van der Waals surface area contributed by atoms with Gasteiger partial charge in [0.2, 0.25) is 8.32 Å². The fourth-order valence-electron chi connectivity index (χ4n) is 6.12. The fraction of sp³-hybridized carbons (Fsp3) is 1.00. The summed E-state index contributed by atoms with van der Waals surface area (Å²) in [6, 6.07) is 0. The number of rotatable bonds is 5. The average Bonchev–Trinajstić information content (AvgIpc) is 3.15. The monoisotopic (exact) mass is 384 g/mol. The van der Waals surface area contributed by atoms with Crippen LogP contribution >= 0.6 is 0 Å². The fourth-order valence-corrected chi connectivity index (χ4v) is 11.7. The van der Waals surface area contributed by atoms with Crippen molar-refractivity contribution in [2.24, 2.45) is 0 Å². The molecule has 0 aromatic carbocycles. The van der Waals surface area contributed by atoms with Crippen LogP contribution in [0.2, 0.25) is 16.6 Å². The van der Waals surface area contributed by atoms with E-state index in [9.17, 15) is 0 Å². The normalized spacial score (nSPS) is 39.7. The second-order valence-corrected chi connectivity index (χ2v) is 15.7. The third-order valence-corrected chi connectivity index (χ3v) is 13.5. The van der Waals surface area contributed by atoms with E-state index in [0.717, 1.165) is 25.9 Å². The molecule has 0 aromatic rings. The smallest absolute Gasteiger partial charge is 0.200 e. The highest BCUT2D eigenvalue weighted by molar-refractivity contribution is 6.77. The molecule has 4 atom stereocenters. The Kier molecular flexibility index (Phi) is 5.23. The van der Waals surface area contributed by atoms with E-state index in [2.05, 4.69) is 48.5 Å². The molecule has 1 spiro atoms. The van der Waals surface area contributed by atoms with Gasteiger partial charge in [-0.3, -0.25) is 0 Å². The first kappa shape index (κ1) is 20.8. The van der Waals surface area contributed by atoms with Crippen molar-refractivity contribution in [2.45, 2.75) is 127 Å². The molecular weight excluding hydrogens is 344 g/mol. The highest BCUT2D eigenvalue weighted by atomic mass is 28.4. The molecule has 5 heteroatoms. The lowest BCUT2D eigenvalue weighted by atomic mass is 9.72. The van der Waals surface area contributed by atoms with Gasteiger partial charge in [0.15, 0.2) is 5.79 Å². The first-order valence-corrected chi connectivity index (χ1v) is 12.7. The Bertz CT molecular complexity index is 510. The van der Waals surface area contributed by atoms with E-state index in [0.29, 0.717) is 16.6 Å². The molecule has 2 saturated heterocycles. The minimum atomic E-state index is -1.91. The van der Waals surface area contributed by atoms with Crippen LogP contribution < -0.4 is 0 Å². The van der Waals surface area contributed by atoms with Gasteiger partial charge in [-0.2, -0.15) is 0 Å². The van der Waals surface area contributed by atoms with Crippen LogP contribution in [0.1, 0.15) is 81.6 Å². The lowest BCUT2D eigenvalue weighted by Gasteiger charge is -2.52. The largest absolute Gasteiger partial charge is 0.413 e. The molecule has 2 heterocycles. The maximum absolute atomic E-state index is 7.14. The SMILES string of the molecule is CC(C)[Si](O[C@H]1C[C@@H]2O[C@]2(C)[C@@]2(CCOC(C)(C)O2)C1)(C(C)C)C(C)C. The summed E-state index contributed by atoms with van der Waals surface area (Å²) in [4.78, 5) is 0. The van der Waals surface area contributed by atoms with Gasteiger partial charge in [0.05, 0.1) is 18.8 Å². The van der Waals surface area contributed by atoms with Gasteiger partial charge in [-0.05, 0) is 37.4 Å². The standard InChI is InChI=1S/C21H40O4Si/c1-14(2)26(15(3)4,16(5)6)24-17-12-18-20(9,23-18)21(13-17)10-11-22-19(7,8)25-21/h14-18H,10-13H2,1-9H3/t17-,18-,20-,21+/m0/s1. The summed E-state index contributed by atoms with van der Waals surface area (Å²) in [5.74, 6) is -0.553. The summed E-state index contributed by atoms with van der Waals surface area (Å²) >= 11 is 0. The summed E-state index contributed by atoms with van der Waals surface area (Å²) in [6.07, 6.45) is 3.30. The van der Waals surface area contributed by atoms with Crippen molar-refractivity contribution >= 4 is 8.32 Å². The van der Waals surface area contributed by atoms with E-state index < -0.39 is 14.1 Å². The average molecular weight is 385 g/mol. The van der Waals surface area contributed by atoms with E-state index >= 15 is 0 Å². The van der Waals surface area contributed by atoms with Crippen molar-refractivity contribution in [3.8, 4) is 0 Å². The first-order valence-electron chi connectivity index (χ1n) is 10.6. The Hall–Kier alpha value is 0.0569. The third kappa shape index (κ3) is 3.12. The Morgan fingerprint density at radius 2 is 1.54 bits per heavy atom. The molecule has 1 aliphatic carbocycles. The molecule has 4 nitrogen and oxygen atoms in total. The van der Waals surface area contributed by atoms with Crippen molar-refractivity contribution in [3.05, 3.63) is 0 Å². The Balaban J connectivity index is 1.86. The van der Waals surface area contributed by atoms with Gasteiger partial charge in [0, 0.05) is 19.3 Å². The van der Waals surface area contributed by atoms with Crippen LogP contribution in [0.5, 0.6) is 0 Å². The molecule has 2 aliphatic heterocycles. The van der Waals surface area contributed by atoms with Crippen molar-refractivity contribution in [3.63, 3.8) is 0 Å². The van der Waals surface area contributed by atoms with Gasteiger partial charge < -0.3 is 18.6 Å². The van der Waals surface area contributed by atoms with E-state index in [1.807, 2.05) is 13.8 Å². The zero-order valence-electron chi connectivity index (χ0n) is 18.3. The van der Waals surface area contributed by atoms with Crippen LogP contribution in [0.25, 0.3) is 0 Å². The lowest BCUT2D eigenvalue weighted by Crippen LogP contribution is -2.62. The molecule has 26 heavy (non-hydrogen) atoms. The number of hydrogen-bond acceptors (Lipinski definition) is 4. The molecule has 0 N–H and O–H groups in total. The van der Waals surface area contributed by atoms with Crippen molar-refractivity contribution < 1.29 is 18.6 Å². The number of ether oxygens (including phenoxy) is 3. The van der Waals surface area contributed by atoms with E-state index in [1.54, 1.807) is 0 Å². The molecule has 0 bridgehead atoms. The Morgan fingerprint density at radius 1 is 0.962 bits per heavy atom. The van der Waals surface area contributed by atoms with Gasteiger partial charge in [0.25, 0.3) is 0 Å². The molecule has 3 fully saturated rings. The topological polar surface area (TPSA) is 40.2 Å². The number of hydrogen-bond donors (Lipinski definition) is 0. The second kappa shape index (κ2) is 6.55. The van der Waals surface area contributed by atoms with Gasteiger partial charge in [-0.1, -0.05) is 41.5 Å². The van der Waals surface area contributed by atoms with E-state index in [1.165, 1.54) is 0 Å². The van der Waals surface area contributed by atoms with Crippen molar-refractivity contribution in [1.82, 2.24) is 0 Å². The molecule has 3 rings (SSSR count). The molecule has 0 unspecified atom stereocenters. The minimum absolute atomic E-state index is 0.175.